The Hall–Kier alpha value is -4.86. The molecule has 3 amide bonds. The van der Waals surface area contributed by atoms with Gasteiger partial charge in [0.05, 0.1) is 38.7 Å². The largest absolute Gasteiger partial charge is 0.493 e. The third-order valence-electron chi connectivity index (χ3n) is 6.64. The summed E-state index contributed by atoms with van der Waals surface area (Å²) in [7, 11) is 2.91. The van der Waals surface area contributed by atoms with Gasteiger partial charge in [0.15, 0.2) is 29.6 Å². The lowest BCUT2D eigenvalue weighted by molar-refractivity contribution is -0.139. The number of esters is 1. The Morgan fingerprint density at radius 3 is 2.52 bits per heavy atom. The van der Waals surface area contributed by atoms with Crippen molar-refractivity contribution in [3.63, 3.8) is 0 Å². The molecular weight excluding hydrogens is 714 g/mol. The van der Waals surface area contributed by atoms with E-state index in [0.29, 0.717) is 33.9 Å². The van der Waals surface area contributed by atoms with Gasteiger partial charge in [0.2, 0.25) is 0 Å². The number of amides is 3. The van der Waals surface area contributed by atoms with Crippen molar-refractivity contribution < 1.29 is 42.5 Å². The fourth-order valence-electron chi connectivity index (χ4n) is 4.51. The highest BCUT2D eigenvalue weighted by Crippen LogP contribution is 2.35. The molecule has 0 radical (unpaired) electrons. The third kappa shape index (κ3) is 8.44. The minimum absolute atomic E-state index is 0.0463. The second kappa shape index (κ2) is 15.9. The van der Waals surface area contributed by atoms with Gasteiger partial charge in [0.1, 0.15) is 12.4 Å². The van der Waals surface area contributed by atoms with Crippen LogP contribution >= 0.6 is 22.6 Å². The maximum Gasteiger partial charge on any atom is 0.338 e. The van der Waals surface area contributed by atoms with Gasteiger partial charge in [-0.15, -0.1) is 0 Å². The molecule has 12 nitrogen and oxygen atoms in total. The molecule has 0 aliphatic carbocycles. The van der Waals surface area contributed by atoms with E-state index in [0.717, 1.165) is 3.57 Å². The fraction of sp³-hybridized carbons (Fsp3) is 0.250. The highest BCUT2D eigenvalue weighted by molar-refractivity contribution is 14.1. The van der Waals surface area contributed by atoms with Gasteiger partial charge in [0.25, 0.3) is 5.91 Å². The first-order valence-corrected chi connectivity index (χ1v) is 15.0. The van der Waals surface area contributed by atoms with Gasteiger partial charge < -0.3 is 34.3 Å². The van der Waals surface area contributed by atoms with E-state index >= 15 is 0 Å². The SMILES string of the molecule is CCOC(=O)C1=C(C)NC(=O)N[C@@H]1c1ccc(OCC(=O)N/N=C/c2cc(I)cc(OC)c2OCc2ccccc2F)c(OC)c1. The minimum Gasteiger partial charge on any atom is -0.493 e. The number of halogens is 2. The summed E-state index contributed by atoms with van der Waals surface area (Å²) in [6.07, 6.45) is 1.39. The Morgan fingerprint density at radius 2 is 1.80 bits per heavy atom. The number of benzene rings is 3. The summed E-state index contributed by atoms with van der Waals surface area (Å²) in [6.45, 7) is 3.02. The Kier molecular flexibility index (Phi) is 11.8. The molecule has 3 aromatic carbocycles. The van der Waals surface area contributed by atoms with E-state index in [-0.39, 0.29) is 30.3 Å². The number of methoxy groups -OCH3 is 2. The molecule has 0 saturated heterocycles. The van der Waals surface area contributed by atoms with Crippen LogP contribution in [0.25, 0.3) is 0 Å². The maximum absolute atomic E-state index is 14.1. The molecule has 0 fully saturated rings. The van der Waals surface area contributed by atoms with Crippen LogP contribution in [0.3, 0.4) is 0 Å². The van der Waals surface area contributed by atoms with E-state index in [1.807, 2.05) is 0 Å². The molecular formula is C32H32FIN4O8. The fourth-order valence-corrected chi connectivity index (χ4v) is 5.13. The second-order valence-corrected chi connectivity index (χ2v) is 10.9. The van der Waals surface area contributed by atoms with Crippen molar-refractivity contribution in [2.45, 2.75) is 26.5 Å². The van der Waals surface area contributed by atoms with Crippen LogP contribution in [0, 0.1) is 9.39 Å². The number of carbonyl (C=O) groups is 3. The number of hydrazone groups is 1. The Bertz CT molecular complexity index is 1680. The summed E-state index contributed by atoms with van der Waals surface area (Å²) in [5, 5.41) is 9.34. The molecule has 3 aromatic rings. The second-order valence-electron chi connectivity index (χ2n) is 9.69. The van der Waals surface area contributed by atoms with Gasteiger partial charge in [-0.25, -0.2) is 19.4 Å². The average molecular weight is 747 g/mol. The number of rotatable bonds is 13. The predicted molar refractivity (Wildman–Crippen MR) is 174 cm³/mol. The molecule has 0 saturated carbocycles. The molecule has 46 heavy (non-hydrogen) atoms. The lowest BCUT2D eigenvalue weighted by Crippen LogP contribution is -2.45. The maximum atomic E-state index is 14.1. The zero-order chi connectivity index (χ0) is 33.2. The molecule has 1 aliphatic heterocycles. The molecule has 0 bridgehead atoms. The molecule has 4 rings (SSSR count). The van der Waals surface area contributed by atoms with Crippen molar-refractivity contribution >= 4 is 46.7 Å². The van der Waals surface area contributed by atoms with Crippen LogP contribution < -0.4 is 35.0 Å². The van der Waals surface area contributed by atoms with Crippen LogP contribution in [0.5, 0.6) is 23.0 Å². The van der Waals surface area contributed by atoms with Gasteiger partial charge in [-0.05, 0) is 72.3 Å². The van der Waals surface area contributed by atoms with E-state index in [1.54, 1.807) is 62.4 Å². The van der Waals surface area contributed by atoms with Crippen LogP contribution in [0.15, 0.2) is 71.0 Å². The number of nitrogens with zero attached hydrogens (tertiary/aromatic N) is 1. The highest BCUT2D eigenvalue weighted by Gasteiger charge is 2.32. The van der Waals surface area contributed by atoms with Gasteiger partial charge >= 0.3 is 12.0 Å². The van der Waals surface area contributed by atoms with Gasteiger partial charge in [-0.2, -0.15) is 5.10 Å². The molecule has 1 aliphatic rings. The zero-order valence-electron chi connectivity index (χ0n) is 25.4. The number of carbonyl (C=O) groups excluding carboxylic acids is 3. The van der Waals surface area contributed by atoms with E-state index in [1.165, 1.54) is 26.5 Å². The molecule has 1 heterocycles. The smallest absolute Gasteiger partial charge is 0.338 e. The van der Waals surface area contributed by atoms with Crippen LogP contribution in [0.2, 0.25) is 0 Å². The van der Waals surface area contributed by atoms with Crippen molar-refractivity contribution in [3.8, 4) is 23.0 Å². The normalized spacial score (nSPS) is 14.3. The van der Waals surface area contributed by atoms with Crippen molar-refractivity contribution in [1.82, 2.24) is 16.1 Å². The summed E-state index contributed by atoms with van der Waals surface area (Å²) >= 11 is 2.11. The lowest BCUT2D eigenvalue weighted by atomic mass is 9.95. The van der Waals surface area contributed by atoms with Crippen molar-refractivity contribution in [3.05, 3.63) is 91.9 Å². The van der Waals surface area contributed by atoms with E-state index in [4.69, 9.17) is 23.7 Å². The predicted octanol–water partition coefficient (Wildman–Crippen LogP) is 4.75. The van der Waals surface area contributed by atoms with Crippen molar-refractivity contribution in [1.29, 1.82) is 0 Å². The number of hydrogen-bond donors (Lipinski definition) is 3. The molecule has 0 unspecified atom stereocenters. The molecule has 1 atom stereocenters. The highest BCUT2D eigenvalue weighted by atomic mass is 127. The molecule has 242 valence electrons. The number of nitrogens with one attached hydrogen (secondary N) is 3. The van der Waals surface area contributed by atoms with Crippen LogP contribution in [0.1, 0.15) is 36.6 Å². The Balaban J connectivity index is 1.43. The minimum atomic E-state index is -0.798. The first kappa shape index (κ1) is 34.0. The first-order valence-electron chi connectivity index (χ1n) is 14.0. The lowest BCUT2D eigenvalue weighted by Gasteiger charge is -2.28. The van der Waals surface area contributed by atoms with Crippen LogP contribution in [-0.2, 0) is 20.9 Å². The number of ether oxygens (including phenoxy) is 5. The van der Waals surface area contributed by atoms with Crippen LogP contribution in [0.4, 0.5) is 9.18 Å². The summed E-state index contributed by atoms with van der Waals surface area (Å²) in [6, 6.07) is 13.3. The summed E-state index contributed by atoms with van der Waals surface area (Å²) < 4.78 is 42.6. The first-order chi connectivity index (χ1) is 22.1. The number of hydrogen-bond acceptors (Lipinski definition) is 9. The molecule has 14 heteroatoms. The number of allylic oxidation sites excluding steroid dienone is 1. The van der Waals surface area contributed by atoms with Gasteiger partial charge in [0, 0.05) is 20.4 Å². The van der Waals surface area contributed by atoms with Gasteiger partial charge in [-0.3, -0.25) is 4.79 Å². The van der Waals surface area contributed by atoms with E-state index in [9.17, 15) is 18.8 Å². The number of urea groups is 1. The van der Waals surface area contributed by atoms with E-state index in [2.05, 4.69) is 43.8 Å². The summed E-state index contributed by atoms with van der Waals surface area (Å²) in [5.41, 5.74) is 4.43. The standard InChI is InChI=1S/C32H32FIN4O8/c1-5-44-31(40)28-18(2)36-32(41)37-29(28)19-10-11-24(25(13-19)42-3)45-17-27(39)38-35-15-21-12-22(34)14-26(43-4)30(21)46-16-20-8-6-7-9-23(20)33/h6-15,29H,5,16-17H2,1-4H3,(H,38,39)(H2,36,37,41)/b35-15+/t29-/m1/s1. The summed E-state index contributed by atoms with van der Waals surface area (Å²) in [4.78, 5) is 37.4. The van der Waals surface area contributed by atoms with Gasteiger partial charge in [-0.1, -0.05) is 24.3 Å². The molecule has 0 aromatic heterocycles. The third-order valence-corrected chi connectivity index (χ3v) is 7.26. The quantitative estimate of drug-likeness (QED) is 0.0985. The topological polar surface area (TPSA) is 146 Å². The van der Waals surface area contributed by atoms with Crippen molar-refractivity contribution in [2.75, 3.05) is 27.4 Å². The Labute approximate surface area is 278 Å². The summed E-state index contributed by atoms with van der Waals surface area (Å²) in [5.74, 6) is -0.276. The molecule has 0 spiro atoms. The van der Waals surface area contributed by atoms with Crippen molar-refractivity contribution in [2.24, 2.45) is 5.10 Å². The molecule has 3 N–H and O–H groups in total. The van der Waals surface area contributed by atoms with Crippen LogP contribution in [-0.4, -0.2) is 51.6 Å². The van der Waals surface area contributed by atoms with E-state index < -0.39 is 36.4 Å². The average Bonchev–Trinajstić information content (AvgIpc) is 3.03. The monoisotopic (exact) mass is 746 g/mol. The zero-order valence-corrected chi connectivity index (χ0v) is 27.6. The Morgan fingerprint density at radius 1 is 1.04 bits per heavy atom.